The highest BCUT2D eigenvalue weighted by Crippen LogP contribution is 2.37. The van der Waals surface area contributed by atoms with Crippen molar-refractivity contribution in [3.8, 4) is 17.2 Å². The van der Waals surface area contributed by atoms with Crippen LogP contribution in [0.2, 0.25) is 5.02 Å². The van der Waals surface area contributed by atoms with Crippen LogP contribution in [0.3, 0.4) is 0 Å². The van der Waals surface area contributed by atoms with Crippen molar-refractivity contribution in [2.75, 3.05) is 13.7 Å². The number of methoxy groups -OCH3 is 1. The van der Waals surface area contributed by atoms with Gasteiger partial charge in [0.25, 0.3) is 5.91 Å². The van der Waals surface area contributed by atoms with Crippen LogP contribution < -0.4 is 19.6 Å². The Labute approximate surface area is 230 Å². The molecule has 4 rings (SSSR count). The molecular formula is C29H27ClN2O5S. The molecule has 38 heavy (non-hydrogen) atoms. The number of rotatable bonds is 9. The number of halogens is 1. The number of ether oxygens (including phenoxy) is 3. The summed E-state index contributed by atoms with van der Waals surface area (Å²) in [5.41, 5.74) is 5.17. The number of hydrogen-bond donors (Lipinski definition) is 1. The van der Waals surface area contributed by atoms with E-state index in [4.69, 9.17) is 25.8 Å². The molecule has 0 fully saturated rings. The second kappa shape index (κ2) is 12.1. The molecule has 1 aromatic heterocycles. The van der Waals surface area contributed by atoms with E-state index in [1.165, 1.54) is 24.7 Å². The molecule has 1 heterocycles. The summed E-state index contributed by atoms with van der Waals surface area (Å²) in [5.74, 6) is 0.624. The van der Waals surface area contributed by atoms with Crippen molar-refractivity contribution in [3.05, 3.63) is 87.3 Å². The first kappa shape index (κ1) is 27.2. The number of hydrazone groups is 1. The van der Waals surface area contributed by atoms with Crippen LogP contribution in [0, 0.1) is 6.92 Å². The monoisotopic (exact) mass is 550 g/mol. The maximum atomic E-state index is 12.8. The van der Waals surface area contributed by atoms with Gasteiger partial charge < -0.3 is 14.2 Å². The number of nitrogens with zero attached hydrogens (tertiary/aromatic N) is 1. The maximum Gasteiger partial charge on any atom is 0.355 e. The van der Waals surface area contributed by atoms with E-state index in [9.17, 15) is 9.59 Å². The molecule has 0 saturated carbocycles. The lowest BCUT2D eigenvalue weighted by Gasteiger charge is -2.12. The van der Waals surface area contributed by atoms with Crippen molar-refractivity contribution in [1.82, 2.24) is 5.43 Å². The molecular weight excluding hydrogens is 524 g/mol. The Morgan fingerprint density at radius 1 is 1.05 bits per heavy atom. The highest BCUT2D eigenvalue weighted by Gasteiger charge is 2.20. The lowest BCUT2D eigenvalue weighted by molar-refractivity contribution is -0.123. The molecule has 0 spiro atoms. The van der Waals surface area contributed by atoms with E-state index >= 15 is 0 Å². The topological polar surface area (TPSA) is 86.2 Å². The van der Waals surface area contributed by atoms with E-state index in [-0.39, 0.29) is 12.4 Å². The molecule has 0 bridgehead atoms. The van der Waals surface area contributed by atoms with Crippen LogP contribution >= 0.6 is 22.9 Å². The quantitative estimate of drug-likeness (QED) is 0.108. The summed E-state index contributed by atoms with van der Waals surface area (Å²) in [6.07, 6.45) is 1.46. The third-order valence-corrected chi connectivity index (χ3v) is 7.41. The minimum Gasteiger partial charge on any atom is -0.493 e. The summed E-state index contributed by atoms with van der Waals surface area (Å²) >= 11 is 7.67. The van der Waals surface area contributed by atoms with Gasteiger partial charge in [0.1, 0.15) is 10.6 Å². The minimum absolute atomic E-state index is 0.168. The molecule has 0 aliphatic carbocycles. The molecule has 0 radical (unpaired) electrons. The van der Waals surface area contributed by atoms with Gasteiger partial charge in [0, 0.05) is 10.1 Å². The van der Waals surface area contributed by atoms with Crippen molar-refractivity contribution in [1.29, 1.82) is 0 Å². The van der Waals surface area contributed by atoms with Crippen LogP contribution in [0.1, 0.15) is 46.1 Å². The average Bonchev–Trinajstić information content (AvgIpc) is 3.25. The number of thiophene rings is 1. The molecule has 0 saturated heterocycles. The van der Waals surface area contributed by atoms with E-state index in [1.807, 2.05) is 43.3 Å². The second-order valence-corrected chi connectivity index (χ2v) is 10.2. The van der Waals surface area contributed by atoms with E-state index in [0.29, 0.717) is 32.9 Å². The lowest BCUT2D eigenvalue weighted by Crippen LogP contribution is -2.24. The number of aryl methyl sites for hydroxylation is 1. The third kappa shape index (κ3) is 6.33. The van der Waals surface area contributed by atoms with Gasteiger partial charge in [-0.2, -0.15) is 5.10 Å². The molecule has 1 amide bonds. The van der Waals surface area contributed by atoms with Gasteiger partial charge in [0.2, 0.25) is 0 Å². The lowest BCUT2D eigenvalue weighted by atomic mass is 10.0. The van der Waals surface area contributed by atoms with Crippen molar-refractivity contribution in [2.24, 2.45) is 5.10 Å². The number of nitrogens with one attached hydrogen (secondary N) is 1. The summed E-state index contributed by atoms with van der Waals surface area (Å²) < 4.78 is 17.5. The summed E-state index contributed by atoms with van der Waals surface area (Å²) in [4.78, 5) is 25.3. The number of carbonyl (C=O) groups excluding carboxylic acids is 2. The zero-order chi connectivity index (χ0) is 27.2. The van der Waals surface area contributed by atoms with Crippen LogP contribution in [0.5, 0.6) is 17.2 Å². The van der Waals surface area contributed by atoms with Gasteiger partial charge in [-0.25, -0.2) is 10.2 Å². The van der Waals surface area contributed by atoms with E-state index < -0.39 is 11.9 Å². The number of carbonyl (C=O) groups is 2. The Morgan fingerprint density at radius 2 is 1.84 bits per heavy atom. The first-order chi connectivity index (χ1) is 18.3. The number of hydrogen-bond acceptors (Lipinski definition) is 7. The molecule has 0 aliphatic rings. The van der Waals surface area contributed by atoms with Gasteiger partial charge in [0.15, 0.2) is 18.1 Å². The highest BCUT2D eigenvalue weighted by atomic mass is 35.5. The van der Waals surface area contributed by atoms with Gasteiger partial charge in [0.05, 0.1) is 18.3 Å². The molecule has 196 valence electrons. The Bertz CT molecular complexity index is 1510. The minimum atomic E-state index is -0.572. The van der Waals surface area contributed by atoms with Crippen molar-refractivity contribution in [2.45, 2.75) is 26.7 Å². The first-order valence-electron chi connectivity index (χ1n) is 11.9. The Morgan fingerprint density at radius 3 is 2.58 bits per heavy atom. The predicted molar refractivity (Wildman–Crippen MR) is 151 cm³/mol. The summed E-state index contributed by atoms with van der Waals surface area (Å²) in [6.45, 7) is 5.96. The number of esters is 1. The maximum absolute atomic E-state index is 12.8. The molecule has 9 heteroatoms. The van der Waals surface area contributed by atoms with Crippen LogP contribution in [0.4, 0.5) is 0 Å². The van der Waals surface area contributed by atoms with Gasteiger partial charge in [-0.05, 0) is 59.9 Å². The van der Waals surface area contributed by atoms with Gasteiger partial charge >= 0.3 is 5.97 Å². The molecule has 0 unspecified atom stereocenters. The molecule has 0 aliphatic heterocycles. The van der Waals surface area contributed by atoms with E-state index in [0.717, 1.165) is 21.2 Å². The summed E-state index contributed by atoms with van der Waals surface area (Å²) in [6, 6.07) is 18.4. The molecule has 0 atom stereocenters. The van der Waals surface area contributed by atoms with E-state index in [1.54, 1.807) is 18.2 Å². The van der Waals surface area contributed by atoms with Crippen molar-refractivity contribution in [3.63, 3.8) is 0 Å². The van der Waals surface area contributed by atoms with Crippen molar-refractivity contribution >= 4 is 51.1 Å². The van der Waals surface area contributed by atoms with Gasteiger partial charge in [-0.1, -0.05) is 55.8 Å². The predicted octanol–water partition coefficient (Wildman–Crippen LogP) is 6.74. The number of amides is 1. The van der Waals surface area contributed by atoms with Crippen molar-refractivity contribution < 1.29 is 23.8 Å². The fourth-order valence-electron chi connectivity index (χ4n) is 3.63. The fourth-order valence-corrected chi connectivity index (χ4v) is 5.01. The normalized spacial score (nSPS) is 11.2. The highest BCUT2D eigenvalue weighted by molar-refractivity contribution is 7.21. The second-order valence-electron chi connectivity index (χ2n) is 8.80. The average molecular weight is 551 g/mol. The van der Waals surface area contributed by atoms with Crippen LogP contribution in [-0.4, -0.2) is 31.8 Å². The Hall–Kier alpha value is -3.88. The SMILES string of the molecule is COc1cc(/C=N/NC(=O)COc2cc(C(C)C)ccc2C)ccc1OC(=O)c1sc2ccccc2c1Cl. The molecule has 4 aromatic rings. The fraction of sp³-hybridized carbons (Fsp3) is 0.207. The Balaban J connectivity index is 1.36. The number of fused-ring (bicyclic) bond motifs is 1. The first-order valence-corrected chi connectivity index (χ1v) is 13.1. The standard InChI is InChI=1S/C29H27ClN2O5S/c1-17(2)20-11-9-18(3)23(14-20)36-16-26(33)32-31-15-19-10-12-22(24(13-19)35-4)37-29(34)28-27(30)21-7-5-6-8-25(21)38-28/h5-15,17H,16H2,1-4H3,(H,32,33)/b31-15+. The number of benzene rings is 3. The molecule has 1 N–H and O–H groups in total. The molecule has 3 aromatic carbocycles. The van der Waals surface area contributed by atoms with E-state index in [2.05, 4.69) is 30.4 Å². The zero-order valence-corrected chi connectivity index (χ0v) is 23.0. The smallest absolute Gasteiger partial charge is 0.355 e. The summed E-state index contributed by atoms with van der Waals surface area (Å²) in [5, 5.41) is 5.15. The van der Waals surface area contributed by atoms with Crippen LogP contribution in [0.25, 0.3) is 10.1 Å². The largest absolute Gasteiger partial charge is 0.493 e. The van der Waals surface area contributed by atoms with Gasteiger partial charge in [-0.15, -0.1) is 11.3 Å². The molecule has 7 nitrogen and oxygen atoms in total. The third-order valence-electron chi connectivity index (χ3n) is 5.75. The Kier molecular flexibility index (Phi) is 8.66. The van der Waals surface area contributed by atoms with Crippen LogP contribution in [-0.2, 0) is 4.79 Å². The van der Waals surface area contributed by atoms with Gasteiger partial charge in [-0.3, -0.25) is 4.79 Å². The zero-order valence-electron chi connectivity index (χ0n) is 21.4. The summed E-state index contributed by atoms with van der Waals surface area (Å²) in [7, 11) is 1.47. The van der Waals surface area contributed by atoms with Crippen LogP contribution in [0.15, 0.2) is 65.8 Å².